The van der Waals surface area contributed by atoms with Crippen LogP contribution in [-0.4, -0.2) is 8.42 Å². The molecule has 0 atom stereocenters. The van der Waals surface area contributed by atoms with Gasteiger partial charge >= 0.3 is 0 Å². The summed E-state index contributed by atoms with van der Waals surface area (Å²) in [6.45, 7) is 5.48. The summed E-state index contributed by atoms with van der Waals surface area (Å²) in [6.07, 6.45) is 0. The summed E-state index contributed by atoms with van der Waals surface area (Å²) in [5.74, 6) is 0. The molecule has 0 spiro atoms. The van der Waals surface area contributed by atoms with Gasteiger partial charge in [0.15, 0.2) is 0 Å². The van der Waals surface area contributed by atoms with E-state index >= 15 is 0 Å². The number of sulfonamides is 1. The van der Waals surface area contributed by atoms with Gasteiger partial charge < -0.3 is 5.73 Å². The largest absolute Gasteiger partial charge is 0.399 e. The Hall–Kier alpha value is -1.72. The van der Waals surface area contributed by atoms with Crippen LogP contribution in [0.1, 0.15) is 16.7 Å². The average molecular weight is 325 g/mol. The smallest absolute Gasteiger partial charge is 0.262 e. The van der Waals surface area contributed by atoms with Crippen LogP contribution < -0.4 is 10.5 Å². The van der Waals surface area contributed by atoms with Gasteiger partial charge in [0.2, 0.25) is 0 Å². The minimum absolute atomic E-state index is 0.270. The van der Waals surface area contributed by atoms with Gasteiger partial charge in [-0.05, 0) is 50.1 Å². The second-order valence-electron chi connectivity index (χ2n) is 5.07. The molecule has 0 aliphatic heterocycles. The summed E-state index contributed by atoms with van der Waals surface area (Å²) >= 11 is 6.01. The summed E-state index contributed by atoms with van der Waals surface area (Å²) in [4.78, 5) is 0.270. The molecule has 0 fully saturated rings. The second kappa shape index (κ2) is 5.58. The Kier molecular flexibility index (Phi) is 4.16. The third-order valence-corrected chi connectivity index (χ3v) is 5.11. The lowest BCUT2D eigenvalue weighted by Gasteiger charge is -2.15. The lowest BCUT2D eigenvalue weighted by Crippen LogP contribution is -2.16. The highest BCUT2D eigenvalue weighted by atomic mass is 35.5. The zero-order chi connectivity index (χ0) is 15.8. The first-order valence-electron chi connectivity index (χ1n) is 6.36. The molecule has 0 aromatic heterocycles. The predicted molar refractivity (Wildman–Crippen MR) is 87.3 cm³/mol. The molecule has 4 nitrogen and oxygen atoms in total. The van der Waals surface area contributed by atoms with Crippen molar-refractivity contribution in [1.82, 2.24) is 0 Å². The Morgan fingerprint density at radius 2 is 1.62 bits per heavy atom. The molecular weight excluding hydrogens is 308 g/mol. The molecular formula is C15H17ClN2O2S. The van der Waals surface area contributed by atoms with Crippen molar-refractivity contribution in [2.45, 2.75) is 25.7 Å². The first-order valence-corrected chi connectivity index (χ1v) is 8.22. The molecule has 2 aromatic rings. The Morgan fingerprint density at radius 3 is 2.19 bits per heavy atom. The van der Waals surface area contributed by atoms with Gasteiger partial charge in [-0.25, -0.2) is 8.42 Å². The van der Waals surface area contributed by atoms with Crippen LogP contribution in [-0.2, 0) is 10.0 Å². The molecule has 21 heavy (non-hydrogen) atoms. The van der Waals surface area contributed by atoms with E-state index in [2.05, 4.69) is 4.72 Å². The van der Waals surface area contributed by atoms with Gasteiger partial charge in [-0.1, -0.05) is 29.3 Å². The zero-order valence-corrected chi connectivity index (χ0v) is 13.6. The van der Waals surface area contributed by atoms with Gasteiger partial charge in [-0.2, -0.15) is 0 Å². The maximum atomic E-state index is 12.6. The molecule has 2 aromatic carbocycles. The number of halogens is 1. The van der Waals surface area contributed by atoms with E-state index < -0.39 is 10.0 Å². The number of benzene rings is 2. The topological polar surface area (TPSA) is 72.2 Å². The Bertz CT molecular complexity index is 778. The second-order valence-corrected chi connectivity index (χ2v) is 7.10. The molecule has 0 unspecified atom stereocenters. The monoisotopic (exact) mass is 324 g/mol. The minimum Gasteiger partial charge on any atom is -0.399 e. The summed E-state index contributed by atoms with van der Waals surface area (Å²) in [5, 5.41) is 0.301. The van der Waals surface area contributed by atoms with E-state index in [1.54, 1.807) is 26.0 Å². The molecule has 0 aliphatic carbocycles. The summed E-state index contributed by atoms with van der Waals surface area (Å²) in [7, 11) is -3.72. The molecule has 6 heteroatoms. The fraction of sp³-hybridized carbons (Fsp3) is 0.200. The van der Waals surface area contributed by atoms with Crippen LogP contribution >= 0.6 is 11.6 Å². The van der Waals surface area contributed by atoms with Crippen LogP contribution in [0.25, 0.3) is 0 Å². The van der Waals surface area contributed by atoms with Crippen LogP contribution in [0.4, 0.5) is 11.4 Å². The molecule has 0 bridgehead atoms. The third-order valence-electron chi connectivity index (χ3n) is 3.11. The number of nitrogen functional groups attached to an aromatic ring is 1. The number of hydrogen-bond acceptors (Lipinski definition) is 3. The van der Waals surface area contributed by atoms with Crippen molar-refractivity contribution in [1.29, 1.82) is 0 Å². The fourth-order valence-corrected chi connectivity index (χ4v) is 4.15. The lowest BCUT2D eigenvalue weighted by molar-refractivity contribution is 0.600. The standard InChI is InChI=1S/C15H17ClN2O2S/c1-9-6-10(2)15(11(3)7-9)21(19,20)18-14-8-12(17)4-5-13(14)16/h4-8,18H,17H2,1-3H3. The van der Waals surface area contributed by atoms with Crippen molar-refractivity contribution in [3.63, 3.8) is 0 Å². The van der Waals surface area contributed by atoms with E-state index in [0.717, 1.165) is 5.56 Å². The summed E-state index contributed by atoms with van der Waals surface area (Å²) in [6, 6.07) is 8.34. The molecule has 2 rings (SSSR count). The number of anilines is 2. The van der Waals surface area contributed by atoms with Gasteiger partial charge in [-0.3, -0.25) is 4.72 Å². The SMILES string of the molecule is Cc1cc(C)c(S(=O)(=O)Nc2cc(N)ccc2Cl)c(C)c1. The van der Waals surface area contributed by atoms with E-state index in [9.17, 15) is 8.42 Å². The van der Waals surface area contributed by atoms with E-state index in [4.69, 9.17) is 17.3 Å². The number of aryl methyl sites for hydroxylation is 3. The highest BCUT2D eigenvalue weighted by molar-refractivity contribution is 7.92. The summed E-state index contributed by atoms with van der Waals surface area (Å²) in [5.41, 5.74) is 8.79. The maximum absolute atomic E-state index is 12.6. The van der Waals surface area contributed by atoms with Crippen molar-refractivity contribution < 1.29 is 8.42 Å². The molecule has 112 valence electrons. The average Bonchev–Trinajstić information content (AvgIpc) is 2.31. The van der Waals surface area contributed by atoms with Crippen molar-refractivity contribution >= 4 is 33.0 Å². The van der Waals surface area contributed by atoms with Crippen molar-refractivity contribution in [3.8, 4) is 0 Å². The van der Waals surface area contributed by atoms with Gasteiger partial charge in [0, 0.05) is 5.69 Å². The normalized spacial score (nSPS) is 11.4. The molecule has 0 heterocycles. The van der Waals surface area contributed by atoms with Crippen molar-refractivity contribution in [2.24, 2.45) is 0 Å². The number of nitrogens with two attached hydrogens (primary N) is 1. The first kappa shape index (κ1) is 15.7. The van der Waals surface area contributed by atoms with Crippen LogP contribution in [0.3, 0.4) is 0 Å². The first-order chi connectivity index (χ1) is 9.70. The quantitative estimate of drug-likeness (QED) is 0.846. The van der Waals surface area contributed by atoms with Crippen LogP contribution in [0.5, 0.6) is 0 Å². The van der Waals surface area contributed by atoms with E-state index in [1.165, 1.54) is 6.07 Å². The molecule has 3 N–H and O–H groups in total. The predicted octanol–water partition coefficient (Wildman–Crippen LogP) is 3.65. The summed E-state index contributed by atoms with van der Waals surface area (Å²) < 4.78 is 27.7. The molecule has 0 saturated carbocycles. The Balaban J connectivity index is 2.51. The minimum atomic E-state index is -3.72. The Morgan fingerprint density at radius 1 is 1.05 bits per heavy atom. The van der Waals surface area contributed by atoms with Gasteiger partial charge in [0.25, 0.3) is 10.0 Å². The molecule has 0 saturated heterocycles. The third kappa shape index (κ3) is 3.31. The molecule has 0 radical (unpaired) electrons. The number of nitrogens with one attached hydrogen (secondary N) is 1. The molecule has 0 aliphatic rings. The van der Waals surface area contributed by atoms with Gasteiger partial charge in [0.1, 0.15) is 0 Å². The Labute approximate surface area is 130 Å². The van der Waals surface area contributed by atoms with Crippen molar-refractivity contribution in [3.05, 3.63) is 52.0 Å². The lowest BCUT2D eigenvalue weighted by atomic mass is 10.1. The number of rotatable bonds is 3. The van der Waals surface area contributed by atoms with Crippen LogP contribution in [0, 0.1) is 20.8 Å². The van der Waals surface area contributed by atoms with E-state index in [0.29, 0.717) is 21.8 Å². The highest BCUT2D eigenvalue weighted by Gasteiger charge is 2.21. The highest BCUT2D eigenvalue weighted by Crippen LogP contribution is 2.29. The van der Waals surface area contributed by atoms with E-state index in [1.807, 2.05) is 19.1 Å². The van der Waals surface area contributed by atoms with Crippen LogP contribution in [0.2, 0.25) is 5.02 Å². The maximum Gasteiger partial charge on any atom is 0.262 e. The number of hydrogen-bond donors (Lipinski definition) is 2. The van der Waals surface area contributed by atoms with Crippen molar-refractivity contribution in [2.75, 3.05) is 10.5 Å². The van der Waals surface area contributed by atoms with Gasteiger partial charge in [0.05, 0.1) is 15.6 Å². The molecule has 0 amide bonds. The van der Waals surface area contributed by atoms with Gasteiger partial charge in [-0.15, -0.1) is 0 Å². The van der Waals surface area contributed by atoms with E-state index in [-0.39, 0.29) is 10.6 Å². The fourth-order valence-electron chi connectivity index (χ4n) is 2.41. The zero-order valence-electron chi connectivity index (χ0n) is 12.1. The van der Waals surface area contributed by atoms with Crippen LogP contribution in [0.15, 0.2) is 35.2 Å².